The molecule has 0 spiro atoms. The van der Waals surface area contributed by atoms with Crippen LogP contribution in [-0.4, -0.2) is 6.61 Å². The van der Waals surface area contributed by atoms with Gasteiger partial charge in [0, 0.05) is 44.8 Å². The first-order valence-corrected chi connectivity index (χ1v) is 7.85. The Balaban J connectivity index is 2.01. The Bertz CT molecular complexity index is 542. The highest BCUT2D eigenvalue weighted by Gasteiger charge is 2.02. The Morgan fingerprint density at radius 1 is 1.32 bits per heavy atom. The highest BCUT2D eigenvalue weighted by Crippen LogP contribution is 2.25. The van der Waals surface area contributed by atoms with Crippen LogP contribution in [0.1, 0.15) is 18.2 Å². The second-order valence-electron chi connectivity index (χ2n) is 4.22. The lowest BCUT2D eigenvalue weighted by molar-refractivity contribution is 0.318. The summed E-state index contributed by atoms with van der Waals surface area (Å²) in [5.41, 5.74) is 7.57. The smallest absolute Gasteiger partial charge is 0.123 e. The minimum absolute atomic E-state index is 0.709. The van der Waals surface area contributed by atoms with Gasteiger partial charge in [-0.25, -0.2) is 0 Å². The Labute approximate surface area is 125 Å². The maximum Gasteiger partial charge on any atom is 0.123 e. The van der Waals surface area contributed by atoms with Gasteiger partial charge >= 0.3 is 0 Å². The van der Waals surface area contributed by atoms with Crippen molar-refractivity contribution in [3.63, 3.8) is 0 Å². The fourth-order valence-corrected chi connectivity index (χ4v) is 3.05. The lowest BCUT2D eigenvalue weighted by atomic mass is 10.2. The van der Waals surface area contributed by atoms with Gasteiger partial charge < -0.3 is 15.8 Å². The van der Waals surface area contributed by atoms with Gasteiger partial charge in [0.25, 0.3) is 0 Å². The lowest BCUT2D eigenvalue weighted by Gasteiger charge is -2.10. The normalized spacial score (nSPS) is 10.4. The van der Waals surface area contributed by atoms with E-state index in [9.17, 15) is 0 Å². The molecule has 0 bridgehead atoms. The molecule has 0 radical (unpaired) electrons. The van der Waals surface area contributed by atoms with Gasteiger partial charge in [-0.3, -0.25) is 0 Å². The van der Waals surface area contributed by atoms with Crippen LogP contribution in [0.2, 0.25) is 0 Å². The van der Waals surface area contributed by atoms with E-state index in [-0.39, 0.29) is 0 Å². The molecule has 19 heavy (non-hydrogen) atoms. The van der Waals surface area contributed by atoms with Crippen molar-refractivity contribution in [2.24, 2.45) is 0 Å². The number of hydrogen-bond acceptors (Lipinski definition) is 4. The van der Waals surface area contributed by atoms with Crippen molar-refractivity contribution in [2.45, 2.75) is 19.9 Å². The molecule has 0 atom stereocenters. The van der Waals surface area contributed by atoms with Gasteiger partial charge in [0.05, 0.1) is 6.61 Å². The number of halogens is 1. The Morgan fingerprint density at radius 2 is 2.16 bits per heavy atom. The van der Waals surface area contributed by atoms with Crippen molar-refractivity contribution in [3.8, 4) is 5.75 Å². The number of nitrogens with one attached hydrogen (secondary N) is 1. The van der Waals surface area contributed by atoms with Gasteiger partial charge in [0.2, 0.25) is 0 Å². The van der Waals surface area contributed by atoms with Crippen molar-refractivity contribution in [1.82, 2.24) is 0 Å². The van der Waals surface area contributed by atoms with Crippen LogP contribution in [-0.2, 0) is 6.54 Å². The summed E-state index contributed by atoms with van der Waals surface area (Å²) in [6.45, 7) is 3.58. The Kier molecular flexibility index (Phi) is 5.10. The number of rotatable bonds is 6. The van der Waals surface area contributed by atoms with E-state index in [1.165, 1.54) is 4.88 Å². The molecule has 0 saturated heterocycles. The fourth-order valence-electron chi connectivity index (χ4n) is 1.66. The molecule has 2 aromatic rings. The number of nitrogen functional groups attached to an aromatic ring is 1. The average molecular weight is 341 g/mol. The summed E-state index contributed by atoms with van der Waals surface area (Å²) in [4.78, 5) is 1.27. The van der Waals surface area contributed by atoms with E-state index in [1.54, 1.807) is 11.3 Å². The third kappa shape index (κ3) is 4.44. The van der Waals surface area contributed by atoms with E-state index < -0.39 is 0 Å². The van der Waals surface area contributed by atoms with Crippen LogP contribution in [0, 0.1) is 0 Å². The summed E-state index contributed by atoms with van der Waals surface area (Å²) in [5.74, 6) is 0.816. The second kappa shape index (κ2) is 6.82. The van der Waals surface area contributed by atoms with Gasteiger partial charge in [-0.05, 0) is 34.5 Å². The topological polar surface area (TPSA) is 47.3 Å². The third-order valence-electron chi connectivity index (χ3n) is 2.49. The molecular weight excluding hydrogens is 324 g/mol. The van der Waals surface area contributed by atoms with Crippen molar-refractivity contribution < 1.29 is 4.74 Å². The van der Waals surface area contributed by atoms with Gasteiger partial charge in [-0.2, -0.15) is 0 Å². The summed E-state index contributed by atoms with van der Waals surface area (Å²) in [5, 5.41) is 5.44. The van der Waals surface area contributed by atoms with E-state index in [1.807, 2.05) is 18.2 Å². The highest BCUT2D eigenvalue weighted by molar-refractivity contribution is 9.10. The Morgan fingerprint density at radius 3 is 2.84 bits per heavy atom. The van der Waals surface area contributed by atoms with Crippen LogP contribution in [0.15, 0.2) is 34.1 Å². The molecule has 0 saturated carbocycles. The summed E-state index contributed by atoms with van der Waals surface area (Å²) in [6.07, 6.45) is 0.987. The van der Waals surface area contributed by atoms with E-state index in [0.717, 1.165) is 28.9 Å². The molecule has 0 amide bonds. The summed E-state index contributed by atoms with van der Waals surface area (Å²) in [7, 11) is 0. The summed E-state index contributed by atoms with van der Waals surface area (Å²) >= 11 is 5.17. The predicted octanol–water partition coefficient (Wildman–Crippen LogP) is 4.49. The van der Waals surface area contributed by atoms with Gasteiger partial charge in [-0.1, -0.05) is 6.92 Å². The largest absolute Gasteiger partial charge is 0.493 e. The van der Waals surface area contributed by atoms with Crippen LogP contribution in [0.3, 0.4) is 0 Å². The molecule has 1 aromatic heterocycles. The van der Waals surface area contributed by atoms with Crippen molar-refractivity contribution in [2.75, 3.05) is 17.7 Å². The monoisotopic (exact) mass is 340 g/mol. The molecule has 0 unspecified atom stereocenters. The molecule has 3 nitrogen and oxygen atoms in total. The first-order valence-electron chi connectivity index (χ1n) is 6.17. The molecule has 102 valence electrons. The first-order chi connectivity index (χ1) is 9.17. The molecular formula is C14H17BrN2OS. The van der Waals surface area contributed by atoms with Crippen molar-refractivity contribution >= 4 is 38.6 Å². The zero-order valence-corrected chi connectivity index (χ0v) is 13.2. The van der Waals surface area contributed by atoms with Crippen LogP contribution < -0.4 is 15.8 Å². The molecule has 1 aromatic carbocycles. The minimum atomic E-state index is 0.709. The highest BCUT2D eigenvalue weighted by atomic mass is 79.9. The van der Waals surface area contributed by atoms with Crippen LogP contribution >= 0.6 is 27.3 Å². The second-order valence-corrected chi connectivity index (χ2v) is 6.14. The zero-order valence-electron chi connectivity index (χ0n) is 10.8. The maximum atomic E-state index is 5.88. The molecule has 3 N–H and O–H groups in total. The number of benzene rings is 1. The van der Waals surface area contributed by atoms with Crippen molar-refractivity contribution in [1.29, 1.82) is 0 Å². The summed E-state index contributed by atoms with van der Waals surface area (Å²) < 4.78 is 6.73. The molecule has 0 fully saturated rings. The lowest BCUT2D eigenvalue weighted by Crippen LogP contribution is -2.01. The maximum absolute atomic E-state index is 5.88. The van der Waals surface area contributed by atoms with Crippen LogP contribution in [0.5, 0.6) is 5.75 Å². The number of anilines is 2. The number of hydrogen-bond donors (Lipinski definition) is 2. The molecule has 0 aliphatic rings. The number of thiophene rings is 1. The standard InChI is InChI=1S/C14H17BrN2OS/c1-2-3-18-13-6-11(16)5-12(7-13)17-8-14-4-10(15)9-19-14/h4-7,9,17H,2-3,8,16H2,1H3. The number of ether oxygens (including phenoxy) is 1. The van der Waals surface area contributed by atoms with E-state index in [4.69, 9.17) is 10.5 Å². The minimum Gasteiger partial charge on any atom is -0.493 e. The fraction of sp³-hybridized carbons (Fsp3) is 0.286. The number of nitrogens with two attached hydrogens (primary N) is 1. The first kappa shape index (κ1) is 14.2. The Hall–Kier alpha value is -1.20. The predicted molar refractivity (Wildman–Crippen MR) is 86.0 cm³/mol. The quantitative estimate of drug-likeness (QED) is 0.761. The molecule has 5 heteroatoms. The van der Waals surface area contributed by atoms with Gasteiger partial charge in [0.15, 0.2) is 0 Å². The van der Waals surface area contributed by atoms with E-state index >= 15 is 0 Å². The molecule has 1 heterocycles. The molecule has 0 aliphatic heterocycles. The molecule has 0 aliphatic carbocycles. The van der Waals surface area contributed by atoms with Gasteiger partial charge in [0.1, 0.15) is 5.75 Å². The zero-order chi connectivity index (χ0) is 13.7. The van der Waals surface area contributed by atoms with Crippen LogP contribution in [0.4, 0.5) is 11.4 Å². The average Bonchev–Trinajstić information content (AvgIpc) is 2.79. The van der Waals surface area contributed by atoms with E-state index in [0.29, 0.717) is 12.3 Å². The van der Waals surface area contributed by atoms with Crippen LogP contribution in [0.25, 0.3) is 0 Å². The van der Waals surface area contributed by atoms with Crippen molar-refractivity contribution in [3.05, 3.63) is 39.0 Å². The summed E-state index contributed by atoms with van der Waals surface area (Å²) in [6, 6.07) is 7.86. The molecule has 2 rings (SSSR count). The van der Waals surface area contributed by atoms with E-state index in [2.05, 4.69) is 39.6 Å². The third-order valence-corrected chi connectivity index (χ3v) is 4.19. The van der Waals surface area contributed by atoms with Gasteiger partial charge in [-0.15, -0.1) is 11.3 Å². The SMILES string of the molecule is CCCOc1cc(N)cc(NCc2cc(Br)cs2)c1.